The third-order valence-corrected chi connectivity index (χ3v) is 2.79. The Morgan fingerprint density at radius 2 is 1.56 bits per heavy atom. The van der Waals surface area contributed by atoms with Crippen molar-refractivity contribution in [1.29, 1.82) is 0 Å². The van der Waals surface area contributed by atoms with Gasteiger partial charge in [0.2, 0.25) is 0 Å². The van der Waals surface area contributed by atoms with E-state index in [0.29, 0.717) is 6.54 Å². The molecule has 2 aromatic carbocycles. The molecule has 3 heteroatoms. The lowest BCUT2D eigenvalue weighted by molar-refractivity contribution is 0.655. The Morgan fingerprint density at radius 1 is 0.889 bits per heavy atom. The van der Waals surface area contributed by atoms with Gasteiger partial charge in [-0.2, -0.15) is 0 Å². The molecule has 0 fully saturated rings. The summed E-state index contributed by atoms with van der Waals surface area (Å²) in [6, 6.07) is 20.3. The molecule has 1 aromatic heterocycles. The summed E-state index contributed by atoms with van der Waals surface area (Å²) in [5.74, 6) is 0. The Morgan fingerprint density at radius 3 is 2.28 bits per heavy atom. The summed E-state index contributed by atoms with van der Waals surface area (Å²) in [4.78, 5) is 0. The van der Waals surface area contributed by atoms with E-state index in [9.17, 15) is 0 Å². The Bertz CT molecular complexity index is 615. The van der Waals surface area contributed by atoms with Crippen LogP contribution in [0.15, 0.2) is 60.7 Å². The summed E-state index contributed by atoms with van der Waals surface area (Å²) in [5.41, 5.74) is 3.20. The zero-order valence-corrected chi connectivity index (χ0v) is 9.82. The predicted molar refractivity (Wildman–Crippen MR) is 69.8 cm³/mol. The van der Waals surface area contributed by atoms with Crippen LogP contribution in [0.5, 0.6) is 0 Å². The fourth-order valence-electron chi connectivity index (χ4n) is 1.90. The van der Waals surface area contributed by atoms with Gasteiger partial charge >= 0.3 is 0 Å². The number of hydrogen-bond donors (Lipinski definition) is 0. The van der Waals surface area contributed by atoms with Gasteiger partial charge in [0, 0.05) is 5.56 Å². The largest absolute Gasteiger partial charge is 0.240 e. The van der Waals surface area contributed by atoms with E-state index in [1.54, 1.807) is 0 Å². The zero-order chi connectivity index (χ0) is 12.2. The van der Waals surface area contributed by atoms with E-state index in [0.717, 1.165) is 11.3 Å². The van der Waals surface area contributed by atoms with Gasteiger partial charge < -0.3 is 0 Å². The van der Waals surface area contributed by atoms with E-state index >= 15 is 0 Å². The molecule has 87 valence electrons. The van der Waals surface area contributed by atoms with E-state index < -0.39 is 0 Å². The Balaban J connectivity index is 1.93. The van der Waals surface area contributed by atoms with Crippen molar-refractivity contribution in [3.8, 4) is 11.3 Å². The molecule has 1 heterocycles. The van der Waals surface area contributed by atoms with Crippen molar-refractivity contribution in [2.45, 2.75) is 6.54 Å². The summed E-state index contributed by atoms with van der Waals surface area (Å²) in [5, 5.41) is 7.98. The molecule has 0 aliphatic heterocycles. The molecule has 0 amide bonds. The zero-order valence-electron chi connectivity index (χ0n) is 9.82. The highest BCUT2D eigenvalue weighted by Gasteiger charge is 2.06. The first-order valence-electron chi connectivity index (χ1n) is 5.84. The Kier molecular flexibility index (Phi) is 2.88. The molecule has 0 atom stereocenters. The molecule has 0 unspecified atom stereocenters. The maximum absolute atomic E-state index is 4.10. The number of aromatic nitrogens is 3. The van der Waals surface area contributed by atoms with Crippen LogP contribution in [0.3, 0.4) is 0 Å². The first-order valence-corrected chi connectivity index (χ1v) is 5.84. The van der Waals surface area contributed by atoms with E-state index in [2.05, 4.69) is 28.6 Å². The molecule has 0 saturated heterocycles. The molecule has 0 N–H and O–H groups in total. The van der Waals surface area contributed by atoms with Gasteiger partial charge in [-0.3, -0.25) is 0 Å². The molecule has 0 aliphatic rings. The highest BCUT2D eigenvalue weighted by molar-refractivity contribution is 5.57. The first kappa shape index (κ1) is 10.7. The lowest BCUT2D eigenvalue weighted by Gasteiger charge is -2.05. The Hall–Kier alpha value is -2.42. The number of rotatable bonds is 3. The van der Waals surface area contributed by atoms with Crippen LogP contribution in [0, 0.1) is 6.20 Å². The van der Waals surface area contributed by atoms with Crippen LogP contribution in [0.1, 0.15) is 5.56 Å². The second-order valence-corrected chi connectivity index (χ2v) is 4.06. The monoisotopic (exact) mass is 234 g/mol. The van der Waals surface area contributed by atoms with Crippen molar-refractivity contribution in [3.05, 3.63) is 72.4 Å². The third kappa shape index (κ3) is 2.15. The van der Waals surface area contributed by atoms with Crippen molar-refractivity contribution in [1.82, 2.24) is 15.0 Å². The van der Waals surface area contributed by atoms with Crippen molar-refractivity contribution >= 4 is 0 Å². The first-order chi connectivity index (χ1) is 8.93. The Labute approximate surface area is 106 Å². The van der Waals surface area contributed by atoms with E-state index in [1.165, 1.54) is 5.56 Å². The van der Waals surface area contributed by atoms with Crippen LogP contribution in [-0.4, -0.2) is 15.0 Å². The molecule has 0 aliphatic carbocycles. The lowest BCUT2D eigenvalue weighted by Crippen LogP contribution is -2.03. The van der Waals surface area contributed by atoms with Gasteiger partial charge in [-0.05, 0) is 5.56 Å². The third-order valence-electron chi connectivity index (χ3n) is 2.79. The van der Waals surface area contributed by atoms with Crippen LogP contribution in [0.2, 0.25) is 0 Å². The van der Waals surface area contributed by atoms with Gasteiger partial charge in [0.15, 0.2) is 0 Å². The van der Waals surface area contributed by atoms with E-state index in [1.807, 2.05) is 53.2 Å². The molecular weight excluding hydrogens is 222 g/mol. The second kappa shape index (κ2) is 4.84. The summed E-state index contributed by atoms with van der Waals surface area (Å²) in [7, 11) is 0. The maximum atomic E-state index is 4.10. The molecule has 0 spiro atoms. The highest BCUT2D eigenvalue weighted by atomic mass is 15.4. The van der Waals surface area contributed by atoms with Crippen molar-refractivity contribution in [3.63, 3.8) is 0 Å². The van der Waals surface area contributed by atoms with Crippen LogP contribution < -0.4 is 0 Å². The van der Waals surface area contributed by atoms with Crippen molar-refractivity contribution in [2.75, 3.05) is 0 Å². The fourth-order valence-corrected chi connectivity index (χ4v) is 1.90. The van der Waals surface area contributed by atoms with Crippen molar-refractivity contribution < 1.29 is 0 Å². The SMILES string of the molecule is [c]1nnn(Cc2ccccc2)c1-c1ccccc1. The average Bonchev–Trinajstić information content (AvgIpc) is 2.89. The van der Waals surface area contributed by atoms with Crippen LogP contribution in [0.4, 0.5) is 0 Å². The summed E-state index contributed by atoms with van der Waals surface area (Å²) in [6.45, 7) is 0.710. The molecule has 18 heavy (non-hydrogen) atoms. The van der Waals surface area contributed by atoms with Crippen LogP contribution in [-0.2, 0) is 6.54 Å². The molecule has 1 radical (unpaired) electrons. The number of nitrogens with zero attached hydrogens (tertiary/aromatic N) is 3. The molecular formula is C15H12N3. The normalized spacial score (nSPS) is 10.4. The summed E-state index contributed by atoms with van der Waals surface area (Å²) < 4.78 is 1.87. The minimum atomic E-state index is 0.710. The topological polar surface area (TPSA) is 30.7 Å². The van der Waals surface area contributed by atoms with E-state index in [-0.39, 0.29) is 0 Å². The van der Waals surface area contributed by atoms with Gasteiger partial charge in [-0.1, -0.05) is 65.9 Å². The van der Waals surface area contributed by atoms with Gasteiger partial charge in [0.25, 0.3) is 0 Å². The highest BCUT2D eigenvalue weighted by Crippen LogP contribution is 2.17. The minimum absolute atomic E-state index is 0.710. The van der Waals surface area contributed by atoms with Crippen LogP contribution >= 0.6 is 0 Å². The molecule has 0 bridgehead atoms. The molecule has 3 aromatic rings. The van der Waals surface area contributed by atoms with Crippen molar-refractivity contribution in [2.24, 2.45) is 0 Å². The fraction of sp³-hybridized carbons (Fsp3) is 0.0667. The maximum Gasteiger partial charge on any atom is 0.143 e. The lowest BCUT2D eigenvalue weighted by atomic mass is 10.1. The molecule has 3 nitrogen and oxygen atoms in total. The average molecular weight is 234 g/mol. The van der Waals surface area contributed by atoms with Crippen LogP contribution in [0.25, 0.3) is 11.3 Å². The van der Waals surface area contributed by atoms with Gasteiger partial charge in [-0.15, -0.1) is 5.10 Å². The predicted octanol–water partition coefficient (Wildman–Crippen LogP) is 2.79. The number of benzene rings is 2. The van der Waals surface area contributed by atoms with Gasteiger partial charge in [0.1, 0.15) is 6.20 Å². The standard InChI is InChI=1S/C15H12N3/c1-3-7-13(8-4-1)12-18-15(11-16-17-18)14-9-5-2-6-10-14/h1-10H,12H2. The molecule has 3 rings (SSSR count). The van der Waals surface area contributed by atoms with E-state index in [4.69, 9.17) is 0 Å². The minimum Gasteiger partial charge on any atom is -0.240 e. The molecule has 0 saturated carbocycles. The summed E-state index contributed by atoms with van der Waals surface area (Å²) >= 11 is 0. The smallest absolute Gasteiger partial charge is 0.143 e. The quantitative estimate of drug-likeness (QED) is 0.697. The number of hydrogen-bond acceptors (Lipinski definition) is 2. The second-order valence-electron chi connectivity index (χ2n) is 4.06. The van der Waals surface area contributed by atoms with Gasteiger partial charge in [-0.25, -0.2) is 4.68 Å². The van der Waals surface area contributed by atoms with Gasteiger partial charge in [0.05, 0.1) is 12.2 Å². The summed E-state index contributed by atoms with van der Waals surface area (Å²) in [6.07, 6.45) is 2.94.